The van der Waals surface area contributed by atoms with Crippen LogP contribution in [-0.2, 0) is 17.9 Å². The Labute approximate surface area is 212 Å². The second-order valence-electron chi connectivity index (χ2n) is 8.27. The van der Waals surface area contributed by atoms with Gasteiger partial charge < -0.3 is 4.57 Å². The van der Waals surface area contributed by atoms with E-state index in [0.29, 0.717) is 22.0 Å². The highest BCUT2D eigenvalue weighted by Gasteiger charge is 2.35. The second kappa shape index (κ2) is 9.46. The molecule has 0 radical (unpaired) electrons. The zero-order valence-electron chi connectivity index (χ0n) is 18.9. The van der Waals surface area contributed by atoms with E-state index in [1.54, 1.807) is 12.1 Å². The minimum atomic E-state index is -0.305. The Morgan fingerprint density at radius 3 is 2.46 bits per heavy atom. The smallest absolute Gasteiger partial charge is 0.293 e. The number of aromatic nitrogens is 1. The first-order chi connectivity index (χ1) is 17.0. The second-order valence-corrected chi connectivity index (χ2v) is 9.70. The number of benzene rings is 3. The number of thioether (sulfide) groups is 1. The maximum atomic E-state index is 13.2. The molecule has 2 amide bonds. The van der Waals surface area contributed by atoms with Crippen molar-refractivity contribution in [1.82, 2.24) is 9.47 Å². The molecule has 3 aromatic carbocycles. The number of rotatable bonds is 5. The Morgan fingerprint density at radius 1 is 0.971 bits per heavy atom. The molecular formula is C28H20ClN3O2S. The molecule has 1 aliphatic heterocycles. The van der Waals surface area contributed by atoms with Gasteiger partial charge in [0.2, 0.25) is 0 Å². The predicted octanol–water partition coefficient (Wildman–Crippen LogP) is 6.76. The van der Waals surface area contributed by atoms with Gasteiger partial charge in [-0.25, -0.2) is 0 Å². The molecule has 0 atom stereocenters. The van der Waals surface area contributed by atoms with E-state index in [9.17, 15) is 14.9 Å². The van der Waals surface area contributed by atoms with Gasteiger partial charge in [0, 0.05) is 33.7 Å². The van der Waals surface area contributed by atoms with Gasteiger partial charge in [0.1, 0.15) is 0 Å². The fourth-order valence-corrected chi connectivity index (χ4v) is 5.27. The molecule has 1 saturated heterocycles. The fourth-order valence-electron chi connectivity index (χ4n) is 4.32. The molecule has 0 spiro atoms. The molecule has 1 fully saturated rings. The number of amides is 2. The molecule has 172 valence electrons. The summed E-state index contributed by atoms with van der Waals surface area (Å²) in [5, 5.41) is 10.8. The van der Waals surface area contributed by atoms with Crippen LogP contribution in [-0.4, -0.2) is 20.6 Å². The number of hydrogen-bond acceptors (Lipinski definition) is 4. The zero-order chi connectivity index (χ0) is 24.5. The Morgan fingerprint density at radius 2 is 1.69 bits per heavy atom. The number of nitrogens with zero attached hydrogens (tertiary/aromatic N) is 3. The molecule has 1 aromatic heterocycles. The number of imide groups is 1. The van der Waals surface area contributed by atoms with Crippen LogP contribution >= 0.6 is 23.4 Å². The molecule has 7 heteroatoms. The van der Waals surface area contributed by atoms with Crippen LogP contribution in [0.25, 0.3) is 17.0 Å². The quantitative estimate of drug-likeness (QED) is 0.286. The van der Waals surface area contributed by atoms with Crippen molar-refractivity contribution in [2.24, 2.45) is 0 Å². The van der Waals surface area contributed by atoms with Gasteiger partial charge >= 0.3 is 0 Å². The lowest BCUT2D eigenvalue weighted by Gasteiger charge is -2.12. The number of fused-ring (bicyclic) bond motifs is 1. The van der Waals surface area contributed by atoms with E-state index >= 15 is 0 Å². The molecule has 0 aliphatic carbocycles. The van der Waals surface area contributed by atoms with E-state index in [1.807, 2.05) is 73.7 Å². The lowest BCUT2D eigenvalue weighted by Crippen LogP contribution is -2.27. The fraction of sp³-hybridized carbons (Fsp3) is 0.107. The van der Waals surface area contributed by atoms with Crippen molar-refractivity contribution < 1.29 is 9.59 Å². The average Bonchev–Trinajstić information content (AvgIpc) is 3.29. The minimum absolute atomic E-state index is 0.199. The van der Waals surface area contributed by atoms with Crippen molar-refractivity contribution in [2.75, 3.05) is 0 Å². The molecule has 1 aliphatic rings. The summed E-state index contributed by atoms with van der Waals surface area (Å²) in [5.41, 5.74) is 5.25. The number of nitriles is 1. The SMILES string of the molecule is Cc1c(/C=C2/SC(=O)N(Cc3ccc(Cl)cc3)C2=O)c2ccccc2n1Cc1ccccc1C#N. The molecule has 0 unspecified atom stereocenters. The van der Waals surface area contributed by atoms with Gasteiger partial charge in [-0.2, -0.15) is 5.26 Å². The van der Waals surface area contributed by atoms with Crippen LogP contribution < -0.4 is 0 Å². The van der Waals surface area contributed by atoms with Crippen molar-refractivity contribution in [3.63, 3.8) is 0 Å². The minimum Gasteiger partial charge on any atom is -0.340 e. The number of para-hydroxylation sites is 1. The summed E-state index contributed by atoms with van der Waals surface area (Å²) in [4.78, 5) is 27.5. The van der Waals surface area contributed by atoms with Crippen LogP contribution in [0.1, 0.15) is 27.9 Å². The maximum absolute atomic E-state index is 13.2. The van der Waals surface area contributed by atoms with Crippen LogP contribution in [0.2, 0.25) is 5.02 Å². The maximum Gasteiger partial charge on any atom is 0.293 e. The van der Waals surface area contributed by atoms with Crippen molar-refractivity contribution in [3.05, 3.63) is 111 Å². The Bertz CT molecular complexity index is 1550. The van der Waals surface area contributed by atoms with E-state index in [2.05, 4.69) is 10.6 Å². The monoisotopic (exact) mass is 497 g/mol. The molecule has 0 bridgehead atoms. The van der Waals surface area contributed by atoms with Gasteiger partial charge in [-0.15, -0.1) is 0 Å². The highest BCUT2D eigenvalue weighted by molar-refractivity contribution is 8.18. The van der Waals surface area contributed by atoms with E-state index < -0.39 is 0 Å². The van der Waals surface area contributed by atoms with Gasteiger partial charge in [-0.05, 0) is 60.2 Å². The van der Waals surface area contributed by atoms with Crippen LogP contribution in [0.5, 0.6) is 0 Å². The lowest BCUT2D eigenvalue weighted by atomic mass is 10.1. The lowest BCUT2D eigenvalue weighted by molar-refractivity contribution is -0.123. The first-order valence-corrected chi connectivity index (χ1v) is 12.2. The van der Waals surface area contributed by atoms with Gasteiger partial charge in [0.25, 0.3) is 11.1 Å². The molecule has 0 N–H and O–H groups in total. The summed E-state index contributed by atoms with van der Waals surface area (Å²) in [6, 6.07) is 24.9. The molecule has 5 rings (SSSR count). The van der Waals surface area contributed by atoms with Crippen LogP contribution in [0, 0.1) is 18.3 Å². The van der Waals surface area contributed by atoms with Crippen molar-refractivity contribution >= 4 is 51.5 Å². The summed E-state index contributed by atoms with van der Waals surface area (Å²) in [6.07, 6.45) is 1.82. The molecule has 4 aromatic rings. The van der Waals surface area contributed by atoms with Crippen molar-refractivity contribution in [2.45, 2.75) is 20.0 Å². The molecule has 35 heavy (non-hydrogen) atoms. The summed E-state index contributed by atoms with van der Waals surface area (Å²) >= 11 is 6.91. The number of carbonyl (C=O) groups is 2. The van der Waals surface area contributed by atoms with Crippen LogP contribution in [0.3, 0.4) is 0 Å². The third kappa shape index (κ3) is 4.37. The number of halogens is 1. The Balaban J connectivity index is 1.52. The van der Waals surface area contributed by atoms with E-state index in [1.165, 1.54) is 4.90 Å². The third-order valence-corrected chi connectivity index (χ3v) is 7.31. The molecule has 2 heterocycles. The van der Waals surface area contributed by atoms with Gasteiger partial charge in [0.15, 0.2) is 0 Å². The molecular weight excluding hydrogens is 478 g/mol. The first kappa shape index (κ1) is 23.0. The van der Waals surface area contributed by atoms with Gasteiger partial charge in [-0.3, -0.25) is 14.5 Å². The molecule has 5 nitrogen and oxygen atoms in total. The highest BCUT2D eigenvalue weighted by atomic mass is 35.5. The normalized spacial score (nSPS) is 14.8. The highest BCUT2D eigenvalue weighted by Crippen LogP contribution is 2.36. The summed E-state index contributed by atoms with van der Waals surface area (Å²) in [7, 11) is 0. The first-order valence-electron chi connectivity index (χ1n) is 11.0. The summed E-state index contributed by atoms with van der Waals surface area (Å²) in [6.45, 7) is 2.73. The van der Waals surface area contributed by atoms with Gasteiger partial charge in [0.05, 0.1) is 23.1 Å². The van der Waals surface area contributed by atoms with E-state index in [4.69, 9.17) is 11.6 Å². The largest absolute Gasteiger partial charge is 0.340 e. The van der Waals surface area contributed by atoms with E-state index in [0.717, 1.165) is 45.0 Å². The zero-order valence-corrected chi connectivity index (χ0v) is 20.4. The Hall–Kier alpha value is -3.79. The van der Waals surface area contributed by atoms with Crippen molar-refractivity contribution in [1.29, 1.82) is 5.26 Å². The van der Waals surface area contributed by atoms with Crippen LogP contribution in [0.4, 0.5) is 4.79 Å². The average molecular weight is 498 g/mol. The summed E-state index contributed by atoms with van der Waals surface area (Å²) < 4.78 is 2.15. The topological polar surface area (TPSA) is 66.1 Å². The standard InChI is InChI=1S/C28H20ClN3O2S/c1-18-24(14-26-27(33)32(28(34)35-26)16-19-10-12-22(29)13-11-19)23-8-4-5-9-25(23)31(18)17-21-7-3-2-6-20(21)15-30/h2-14H,16-17H2,1H3/b26-14+. The predicted molar refractivity (Wildman–Crippen MR) is 140 cm³/mol. The Kier molecular flexibility index (Phi) is 6.21. The number of hydrogen-bond donors (Lipinski definition) is 0. The third-order valence-electron chi connectivity index (χ3n) is 6.15. The molecule has 0 saturated carbocycles. The van der Waals surface area contributed by atoms with E-state index in [-0.39, 0.29) is 17.7 Å². The van der Waals surface area contributed by atoms with Crippen LogP contribution in [0.15, 0.2) is 77.7 Å². The number of carbonyl (C=O) groups excluding carboxylic acids is 2. The summed E-state index contributed by atoms with van der Waals surface area (Å²) in [5.74, 6) is -0.305. The van der Waals surface area contributed by atoms with Gasteiger partial charge in [-0.1, -0.05) is 60.1 Å². The van der Waals surface area contributed by atoms with Crippen molar-refractivity contribution in [3.8, 4) is 6.07 Å².